The first kappa shape index (κ1) is 27.6. The predicted octanol–water partition coefficient (Wildman–Crippen LogP) is 4.43. The van der Waals surface area contributed by atoms with Crippen molar-refractivity contribution in [2.24, 2.45) is 5.73 Å². The van der Waals surface area contributed by atoms with Crippen LogP contribution in [0.4, 0.5) is 10.1 Å². The van der Waals surface area contributed by atoms with Crippen molar-refractivity contribution in [3.05, 3.63) is 78.1 Å². The van der Waals surface area contributed by atoms with E-state index in [9.17, 15) is 14.0 Å². The van der Waals surface area contributed by atoms with Gasteiger partial charge in [0.25, 0.3) is 5.91 Å². The average Bonchev–Trinajstić information content (AvgIpc) is 3.04. The van der Waals surface area contributed by atoms with Crippen LogP contribution in [-0.2, 0) is 4.79 Å². The highest BCUT2D eigenvalue weighted by molar-refractivity contribution is 5.95. The molecule has 2 aromatic carbocycles. The van der Waals surface area contributed by atoms with E-state index in [0.29, 0.717) is 60.7 Å². The lowest BCUT2D eigenvalue weighted by Gasteiger charge is -2.43. The summed E-state index contributed by atoms with van der Waals surface area (Å²) in [6.45, 7) is 5.17. The first-order chi connectivity index (χ1) is 18.6. The van der Waals surface area contributed by atoms with Gasteiger partial charge in [-0.15, -0.1) is 0 Å². The minimum atomic E-state index is -1.44. The van der Waals surface area contributed by atoms with E-state index in [1.807, 2.05) is 49.1 Å². The summed E-state index contributed by atoms with van der Waals surface area (Å²) in [5.74, 6) is 6.98. The van der Waals surface area contributed by atoms with Gasteiger partial charge >= 0.3 is 0 Å². The SMILES string of the molecule is CC(C)N1CC(F)(C#Cc2ccc3c(c2)N(C)C(=O)CCO3)C1.NC(=O)c1cc(Oc2ccccc2)ccn1.[HH]. The molecule has 2 N–H and O–H groups in total. The molecule has 0 spiro atoms. The van der Waals surface area contributed by atoms with Crippen molar-refractivity contribution in [3.63, 3.8) is 0 Å². The zero-order valence-electron chi connectivity index (χ0n) is 22.2. The summed E-state index contributed by atoms with van der Waals surface area (Å²) in [6.07, 6.45) is 1.84. The fraction of sp³-hybridized carbons (Fsp3) is 0.300. The standard InChI is InChI=1S/C18H21FN2O2.C12H10N2O2.H2/c1-13(2)21-11-18(19,12-21)8-6-14-4-5-16-15(10-14)20(3)17(22)7-9-23-16;13-12(15)11-8-10(6-7-14-11)16-9-4-2-1-3-5-9;/h4-5,10,13H,7,9,11-12H2,1-3H3;1-8H,(H2,13,15);1H. The maximum Gasteiger partial charge on any atom is 0.267 e. The van der Waals surface area contributed by atoms with Crippen molar-refractivity contribution in [3.8, 4) is 29.1 Å². The van der Waals surface area contributed by atoms with Crippen LogP contribution in [0.3, 0.4) is 0 Å². The molecule has 5 rings (SSSR count). The van der Waals surface area contributed by atoms with E-state index in [2.05, 4.69) is 16.8 Å². The molecule has 0 saturated carbocycles. The normalized spacial score (nSPS) is 15.8. The van der Waals surface area contributed by atoms with E-state index in [1.54, 1.807) is 36.2 Å². The van der Waals surface area contributed by atoms with E-state index in [-0.39, 0.29) is 13.0 Å². The zero-order chi connectivity index (χ0) is 28.0. The number of rotatable bonds is 4. The largest absolute Gasteiger partial charge is 0.491 e. The van der Waals surface area contributed by atoms with E-state index in [1.165, 1.54) is 12.3 Å². The quantitative estimate of drug-likeness (QED) is 0.499. The van der Waals surface area contributed by atoms with E-state index >= 15 is 0 Å². The molecule has 1 aromatic heterocycles. The highest BCUT2D eigenvalue weighted by atomic mass is 19.1. The van der Waals surface area contributed by atoms with Crippen LogP contribution < -0.4 is 20.1 Å². The number of fused-ring (bicyclic) bond motifs is 1. The van der Waals surface area contributed by atoms with Gasteiger partial charge in [-0.1, -0.05) is 30.0 Å². The van der Waals surface area contributed by atoms with Gasteiger partial charge in [0, 0.05) is 45.4 Å². The molecule has 0 unspecified atom stereocenters. The molecule has 39 heavy (non-hydrogen) atoms. The number of amides is 2. The number of carbonyl (C=O) groups excluding carboxylic acids is 2. The molecule has 204 valence electrons. The number of anilines is 1. The van der Waals surface area contributed by atoms with Gasteiger partial charge in [-0.05, 0) is 50.2 Å². The van der Waals surface area contributed by atoms with Crippen molar-refractivity contribution >= 4 is 17.5 Å². The van der Waals surface area contributed by atoms with Crippen LogP contribution in [0, 0.1) is 11.8 Å². The molecule has 2 amide bonds. The Labute approximate surface area is 229 Å². The fourth-order valence-electron chi connectivity index (χ4n) is 3.99. The lowest BCUT2D eigenvalue weighted by molar-refractivity contribution is -0.118. The van der Waals surface area contributed by atoms with Crippen molar-refractivity contribution in [2.45, 2.75) is 32.0 Å². The zero-order valence-corrected chi connectivity index (χ0v) is 22.2. The molecule has 2 aliphatic rings. The van der Waals surface area contributed by atoms with Gasteiger partial charge in [-0.3, -0.25) is 19.5 Å². The number of benzene rings is 2. The number of aromatic nitrogens is 1. The van der Waals surface area contributed by atoms with Crippen molar-refractivity contribution in [1.29, 1.82) is 0 Å². The molecular weight excluding hydrogens is 499 g/mol. The van der Waals surface area contributed by atoms with Crippen LogP contribution in [0.15, 0.2) is 66.9 Å². The van der Waals surface area contributed by atoms with Crippen LogP contribution >= 0.6 is 0 Å². The van der Waals surface area contributed by atoms with Crippen LogP contribution in [0.5, 0.6) is 17.2 Å². The van der Waals surface area contributed by atoms with Crippen LogP contribution in [-0.4, -0.2) is 60.2 Å². The topological polar surface area (TPSA) is 98.0 Å². The molecule has 0 atom stereocenters. The molecule has 0 aliphatic carbocycles. The second-order valence-electron chi connectivity index (χ2n) is 9.60. The lowest BCUT2D eigenvalue weighted by Crippen LogP contribution is -2.60. The maximum absolute atomic E-state index is 14.4. The number of halogens is 1. The Hall–Kier alpha value is -4.42. The summed E-state index contributed by atoms with van der Waals surface area (Å²) < 4.78 is 25.5. The number of likely N-dealkylation sites (tertiary alicyclic amines) is 1. The van der Waals surface area contributed by atoms with Crippen LogP contribution in [0.2, 0.25) is 0 Å². The Bertz CT molecular complexity index is 1400. The molecule has 3 heterocycles. The van der Waals surface area contributed by atoms with Gasteiger partial charge in [0.1, 0.15) is 22.9 Å². The highest BCUT2D eigenvalue weighted by Gasteiger charge is 2.43. The average molecular weight is 533 g/mol. The lowest BCUT2D eigenvalue weighted by atomic mass is 9.95. The van der Waals surface area contributed by atoms with Gasteiger partial charge in [0.05, 0.1) is 18.7 Å². The number of nitrogens with zero attached hydrogens (tertiary/aromatic N) is 3. The minimum absolute atomic E-state index is 0. The Morgan fingerprint density at radius 1 is 1.15 bits per heavy atom. The number of primary amides is 1. The number of carbonyl (C=O) groups is 2. The van der Waals surface area contributed by atoms with Crippen molar-refractivity contribution in [2.75, 3.05) is 31.6 Å². The summed E-state index contributed by atoms with van der Waals surface area (Å²) in [6, 6.07) is 18.2. The molecule has 8 nitrogen and oxygen atoms in total. The van der Waals surface area contributed by atoms with Gasteiger partial charge < -0.3 is 20.1 Å². The van der Waals surface area contributed by atoms with Crippen molar-refractivity contribution in [1.82, 2.24) is 9.88 Å². The second-order valence-corrected chi connectivity index (χ2v) is 9.60. The minimum Gasteiger partial charge on any atom is -0.491 e. The number of hydrogen-bond acceptors (Lipinski definition) is 6. The summed E-state index contributed by atoms with van der Waals surface area (Å²) in [5.41, 5.74) is 5.25. The monoisotopic (exact) mass is 532 g/mol. The molecular formula is C30H33FN4O4. The first-order valence-corrected chi connectivity index (χ1v) is 12.6. The Morgan fingerprint density at radius 3 is 2.59 bits per heavy atom. The molecule has 1 saturated heterocycles. The third kappa shape index (κ3) is 7.12. The predicted molar refractivity (Wildman–Crippen MR) is 149 cm³/mol. The molecule has 3 aromatic rings. The third-order valence-corrected chi connectivity index (χ3v) is 6.30. The molecule has 0 bridgehead atoms. The van der Waals surface area contributed by atoms with Gasteiger partial charge in [0.2, 0.25) is 5.91 Å². The third-order valence-electron chi connectivity index (χ3n) is 6.30. The molecule has 9 heteroatoms. The second kappa shape index (κ2) is 12.0. The summed E-state index contributed by atoms with van der Waals surface area (Å²) in [7, 11) is 1.72. The number of hydrogen-bond donors (Lipinski definition) is 1. The number of alkyl halides is 1. The highest BCUT2D eigenvalue weighted by Crippen LogP contribution is 2.32. The Kier molecular flexibility index (Phi) is 8.47. The Morgan fingerprint density at radius 2 is 1.90 bits per heavy atom. The molecule has 0 radical (unpaired) electrons. The number of pyridine rings is 1. The van der Waals surface area contributed by atoms with Crippen LogP contribution in [0.1, 0.15) is 37.7 Å². The van der Waals surface area contributed by atoms with E-state index < -0.39 is 11.6 Å². The van der Waals surface area contributed by atoms with Gasteiger partial charge in [0.15, 0.2) is 5.67 Å². The van der Waals surface area contributed by atoms with Crippen molar-refractivity contribution < 1.29 is 24.9 Å². The smallest absolute Gasteiger partial charge is 0.267 e. The molecule has 1 fully saturated rings. The summed E-state index contributed by atoms with van der Waals surface area (Å²) in [4.78, 5) is 30.3. The number of ether oxygens (including phenoxy) is 2. The maximum atomic E-state index is 14.4. The molecule has 2 aliphatic heterocycles. The van der Waals surface area contributed by atoms with E-state index in [4.69, 9.17) is 15.2 Å². The first-order valence-electron chi connectivity index (χ1n) is 12.6. The van der Waals surface area contributed by atoms with Gasteiger partial charge in [-0.2, -0.15) is 0 Å². The fourth-order valence-corrected chi connectivity index (χ4v) is 3.99. The summed E-state index contributed by atoms with van der Waals surface area (Å²) >= 11 is 0. The van der Waals surface area contributed by atoms with Crippen LogP contribution in [0.25, 0.3) is 0 Å². The van der Waals surface area contributed by atoms with Gasteiger partial charge in [-0.25, -0.2) is 4.39 Å². The Balaban J connectivity index is 0.000000229. The summed E-state index contributed by atoms with van der Waals surface area (Å²) in [5, 5.41) is 0. The number of para-hydroxylation sites is 1. The van der Waals surface area contributed by atoms with E-state index in [0.717, 1.165) is 0 Å². The number of nitrogens with two attached hydrogens (primary N) is 1.